The van der Waals surface area contributed by atoms with E-state index in [0.29, 0.717) is 18.2 Å². The number of para-hydroxylation sites is 1. The largest absolute Gasteiger partial charge is 0.492 e. The zero-order valence-electron chi connectivity index (χ0n) is 15.4. The lowest BCUT2D eigenvalue weighted by Crippen LogP contribution is -2.36. The van der Waals surface area contributed by atoms with Crippen molar-refractivity contribution in [3.8, 4) is 5.75 Å². The molecule has 3 rings (SSSR count). The van der Waals surface area contributed by atoms with Crippen LogP contribution >= 0.6 is 0 Å². The van der Waals surface area contributed by atoms with E-state index in [-0.39, 0.29) is 18.2 Å². The van der Waals surface area contributed by atoms with E-state index in [1.807, 2.05) is 18.2 Å². The number of benzene rings is 2. The summed E-state index contributed by atoms with van der Waals surface area (Å²) in [6.45, 7) is 2.34. The third kappa shape index (κ3) is 5.43. The monoisotopic (exact) mass is 392 g/mol. The quantitative estimate of drug-likeness (QED) is 0.693. The van der Waals surface area contributed by atoms with Gasteiger partial charge in [-0.15, -0.1) is 0 Å². The summed E-state index contributed by atoms with van der Waals surface area (Å²) in [5.74, 6) is 0.318. The van der Waals surface area contributed by atoms with Gasteiger partial charge in [0.1, 0.15) is 18.2 Å². The first-order chi connectivity index (χ1) is 12.9. The van der Waals surface area contributed by atoms with Crippen molar-refractivity contribution >= 4 is 15.7 Å². The van der Waals surface area contributed by atoms with Crippen molar-refractivity contribution in [2.24, 2.45) is 5.92 Å². The molecule has 0 saturated carbocycles. The number of anilines is 1. The lowest BCUT2D eigenvalue weighted by molar-refractivity contribution is 0.333. The summed E-state index contributed by atoms with van der Waals surface area (Å²) in [7, 11) is -1.77. The van der Waals surface area contributed by atoms with Gasteiger partial charge in [0.15, 0.2) is 0 Å². The highest BCUT2D eigenvalue weighted by Crippen LogP contribution is 2.24. The highest BCUT2D eigenvalue weighted by atomic mass is 32.2. The van der Waals surface area contributed by atoms with Crippen LogP contribution in [0.25, 0.3) is 0 Å². The fourth-order valence-corrected chi connectivity index (χ4v) is 4.33. The summed E-state index contributed by atoms with van der Waals surface area (Å²) in [5, 5.41) is 0. The molecule has 0 bridgehead atoms. The first kappa shape index (κ1) is 19.6. The van der Waals surface area contributed by atoms with Gasteiger partial charge >= 0.3 is 0 Å². The second-order valence-electron chi connectivity index (χ2n) is 6.84. The van der Waals surface area contributed by atoms with Crippen molar-refractivity contribution in [1.29, 1.82) is 0 Å². The number of hydrogen-bond donors (Lipinski definition) is 0. The van der Waals surface area contributed by atoms with Crippen molar-refractivity contribution in [2.45, 2.75) is 6.42 Å². The standard InChI is InChI=1S/C20H25FN2O3S/c1-22(15-17-11-12-23(16-17)19-5-3-2-4-6-19)27(24,25)14-13-26-20-9-7-18(21)8-10-20/h2-10,17H,11-16H2,1H3. The maximum absolute atomic E-state index is 12.9. The van der Waals surface area contributed by atoms with Crippen LogP contribution in [0.4, 0.5) is 10.1 Å². The zero-order valence-corrected chi connectivity index (χ0v) is 16.2. The second kappa shape index (κ2) is 8.71. The molecule has 2 aromatic rings. The van der Waals surface area contributed by atoms with Crippen molar-refractivity contribution in [3.63, 3.8) is 0 Å². The van der Waals surface area contributed by atoms with Crippen molar-refractivity contribution in [2.75, 3.05) is 43.9 Å². The van der Waals surface area contributed by atoms with E-state index in [2.05, 4.69) is 17.0 Å². The molecule has 0 spiro atoms. The minimum atomic E-state index is -3.39. The van der Waals surface area contributed by atoms with Crippen molar-refractivity contribution < 1.29 is 17.5 Å². The molecular weight excluding hydrogens is 367 g/mol. The fraction of sp³-hybridized carbons (Fsp3) is 0.400. The van der Waals surface area contributed by atoms with Crippen LogP contribution in [-0.2, 0) is 10.0 Å². The van der Waals surface area contributed by atoms with E-state index in [0.717, 1.165) is 19.5 Å². The van der Waals surface area contributed by atoms with E-state index < -0.39 is 10.0 Å². The minimum Gasteiger partial charge on any atom is -0.492 e. The first-order valence-corrected chi connectivity index (χ1v) is 10.7. The summed E-state index contributed by atoms with van der Waals surface area (Å²) >= 11 is 0. The highest BCUT2D eigenvalue weighted by Gasteiger charge is 2.27. The number of ether oxygens (including phenoxy) is 1. The Hall–Kier alpha value is -2.12. The van der Waals surface area contributed by atoms with Crippen LogP contribution in [0, 0.1) is 11.7 Å². The van der Waals surface area contributed by atoms with Gasteiger partial charge in [-0.1, -0.05) is 18.2 Å². The van der Waals surface area contributed by atoms with E-state index in [1.54, 1.807) is 7.05 Å². The smallest absolute Gasteiger partial charge is 0.217 e. The number of nitrogens with zero attached hydrogens (tertiary/aromatic N) is 2. The van der Waals surface area contributed by atoms with Gasteiger partial charge in [0.05, 0.1) is 5.75 Å². The van der Waals surface area contributed by atoms with E-state index in [9.17, 15) is 12.8 Å². The van der Waals surface area contributed by atoms with Gasteiger partial charge in [-0.25, -0.2) is 17.1 Å². The average molecular weight is 392 g/mol. The molecule has 2 aromatic carbocycles. The molecule has 1 atom stereocenters. The highest BCUT2D eigenvalue weighted by molar-refractivity contribution is 7.89. The normalized spacial score (nSPS) is 17.4. The van der Waals surface area contributed by atoms with Gasteiger partial charge < -0.3 is 9.64 Å². The maximum Gasteiger partial charge on any atom is 0.217 e. The molecule has 0 aliphatic carbocycles. The summed E-state index contributed by atoms with van der Waals surface area (Å²) in [6.07, 6.45) is 0.973. The number of hydrogen-bond acceptors (Lipinski definition) is 4. The molecule has 1 aliphatic rings. The SMILES string of the molecule is CN(CC1CCN(c2ccccc2)C1)S(=O)(=O)CCOc1ccc(F)cc1. The fourth-order valence-electron chi connectivity index (χ4n) is 3.28. The Morgan fingerprint density at radius 2 is 1.85 bits per heavy atom. The van der Waals surface area contributed by atoms with Crippen molar-refractivity contribution in [1.82, 2.24) is 4.31 Å². The van der Waals surface area contributed by atoms with Crippen LogP contribution in [-0.4, -0.2) is 51.8 Å². The molecule has 1 saturated heterocycles. The van der Waals surface area contributed by atoms with Gasteiger partial charge in [0.2, 0.25) is 10.0 Å². The molecule has 0 aromatic heterocycles. The summed E-state index contributed by atoms with van der Waals surface area (Å²) < 4.78 is 44.7. The molecular formula is C20H25FN2O3S. The molecule has 146 valence electrons. The zero-order chi connectivity index (χ0) is 19.3. The van der Waals surface area contributed by atoms with Crippen LogP contribution in [0.1, 0.15) is 6.42 Å². The third-order valence-corrected chi connectivity index (χ3v) is 6.60. The molecule has 0 amide bonds. The maximum atomic E-state index is 12.9. The molecule has 0 radical (unpaired) electrons. The topological polar surface area (TPSA) is 49.9 Å². The van der Waals surface area contributed by atoms with Gasteiger partial charge in [-0.3, -0.25) is 0 Å². The predicted octanol–water partition coefficient (Wildman–Crippen LogP) is 2.99. The minimum absolute atomic E-state index is 0.0408. The van der Waals surface area contributed by atoms with Gasteiger partial charge in [-0.05, 0) is 48.7 Å². The Morgan fingerprint density at radius 1 is 1.15 bits per heavy atom. The lowest BCUT2D eigenvalue weighted by Gasteiger charge is -2.22. The molecule has 0 N–H and O–H groups in total. The molecule has 1 unspecified atom stereocenters. The van der Waals surface area contributed by atoms with Gasteiger partial charge in [0.25, 0.3) is 0 Å². The van der Waals surface area contributed by atoms with Crippen LogP contribution in [0.3, 0.4) is 0 Å². The summed E-state index contributed by atoms with van der Waals surface area (Å²) in [6, 6.07) is 15.7. The van der Waals surface area contributed by atoms with E-state index >= 15 is 0 Å². The number of halogens is 1. The third-order valence-electron chi connectivity index (χ3n) is 4.82. The van der Waals surface area contributed by atoms with Gasteiger partial charge in [0, 0.05) is 32.4 Å². The predicted molar refractivity (Wildman–Crippen MR) is 105 cm³/mol. The second-order valence-corrected chi connectivity index (χ2v) is 9.03. The van der Waals surface area contributed by atoms with Crippen LogP contribution in [0.2, 0.25) is 0 Å². The molecule has 1 fully saturated rings. The van der Waals surface area contributed by atoms with Gasteiger partial charge in [-0.2, -0.15) is 0 Å². The van der Waals surface area contributed by atoms with Crippen LogP contribution in [0.5, 0.6) is 5.75 Å². The first-order valence-electron chi connectivity index (χ1n) is 9.06. The van der Waals surface area contributed by atoms with Crippen LogP contribution < -0.4 is 9.64 Å². The van der Waals surface area contributed by atoms with E-state index in [4.69, 9.17) is 4.74 Å². The number of rotatable bonds is 8. The number of sulfonamides is 1. The Balaban J connectivity index is 1.46. The molecule has 5 nitrogen and oxygen atoms in total. The average Bonchev–Trinajstić information content (AvgIpc) is 3.12. The summed E-state index contributed by atoms with van der Waals surface area (Å²) in [4.78, 5) is 2.29. The molecule has 27 heavy (non-hydrogen) atoms. The molecule has 1 aliphatic heterocycles. The van der Waals surface area contributed by atoms with Crippen molar-refractivity contribution in [3.05, 3.63) is 60.4 Å². The molecule has 1 heterocycles. The Bertz CT molecular complexity index is 828. The Morgan fingerprint density at radius 3 is 2.56 bits per heavy atom. The summed E-state index contributed by atoms with van der Waals surface area (Å²) in [5.41, 5.74) is 1.18. The van der Waals surface area contributed by atoms with Crippen LogP contribution in [0.15, 0.2) is 54.6 Å². The lowest BCUT2D eigenvalue weighted by atomic mass is 10.1. The van der Waals surface area contributed by atoms with E-state index in [1.165, 1.54) is 34.3 Å². The Kier molecular flexibility index (Phi) is 6.34. The molecule has 7 heteroatoms. The Labute approximate surface area is 160 Å².